The van der Waals surface area contributed by atoms with Gasteiger partial charge in [0.25, 0.3) is 0 Å². The molecule has 0 atom stereocenters. The zero-order chi connectivity index (χ0) is 10.7. The molecule has 12 heteroatoms. The summed E-state index contributed by atoms with van der Waals surface area (Å²) in [6.45, 7) is 0. The minimum atomic E-state index is -6.17. The first kappa shape index (κ1) is 38.1. The quantitative estimate of drug-likeness (QED) is 0.421. The average molecular weight is 409 g/mol. The Bertz CT molecular complexity index is 406. The minimum absolute atomic E-state index is 0. The normalized spacial score (nSPS) is 9.67. The van der Waals surface area contributed by atoms with Gasteiger partial charge in [0.05, 0.1) is 0 Å². The van der Waals surface area contributed by atoms with Crippen molar-refractivity contribution >= 4 is 218 Å². The van der Waals surface area contributed by atoms with Crippen LogP contribution in [0.25, 0.3) is 0 Å². The Morgan fingerprint density at radius 1 is 0.444 bits per heavy atom. The van der Waals surface area contributed by atoms with E-state index in [1.807, 2.05) is 0 Å². The Labute approximate surface area is 280 Å². The number of nitrogens with zero attached hydrogens (tertiary/aromatic N) is 6. The molecule has 0 unspecified atom stereocenters. The van der Waals surface area contributed by atoms with Crippen molar-refractivity contribution in [2.45, 2.75) is 0 Å². The molecule has 0 aromatic rings. The van der Waals surface area contributed by atoms with Gasteiger partial charge >= 0.3 is 278 Å². The molecule has 0 spiro atoms. The van der Waals surface area contributed by atoms with Crippen LogP contribution in [0.4, 0.5) is 0 Å². The molecule has 78 valence electrons. The predicted molar refractivity (Wildman–Crippen MR) is 69.5 cm³/mol. The molecule has 0 aromatic heterocycles. The van der Waals surface area contributed by atoms with Gasteiger partial charge in [0.15, 0.2) is 0 Å². The van der Waals surface area contributed by atoms with Crippen molar-refractivity contribution in [1.82, 2.24) is 0 Å². The van der Waals surface area contributed by atoms with Gasteiger partial charge in [-0.05, 0) is 0 Å². The molecule has 0 saturated heterocycles. The molecule has 0 amide bonds. The number of hydrogen-bond acceptors (Lipinski definition) is 6. The van der Waals surface area contributed by atoms with Crippen LogP contribution in [0.3, 0.4) is 0 Å². The van der Waals surface area contributed by atoms with E-state index < -0.39 is 10.7 Å². The standard InChI is InChI=1S/6CN.ClH.Fe.4K.4H/c6*1-2;;;;;;;;;;/h;;;;;;1H;;;;;;;;;. The number of rotatable bonds is 0. The summed E-state index contributed by atoms with van der Waals surface area (Å²) in [6, 6.07) is 0. The Morgan fingerprint density at radius 3 is 0.556 bits per heavy atom. The van der Waals surface area contributed by atoms with E-state index in [1.165, 1.54) is 0 Å². The fourth-order valence-electron chi connectivity index (χ4n) is 0.265. The summed E-state index contributed by atoms with van der Waals surface area (Å²) in [7, 11) is -6.17. The number of halogens is 1. The van der Waals surface area contributed by atoms with E-state index in [0.29, 0.717) is 0 Å². The van der Waals surface area contributed by atoms with Crippen molar-refractivity contribution in [2.75, 3.05) is 0 Å². The zero-order valence-corrected chi connectivity index (χ0v) is 8.37. The van der Waals surface area contributed by atoms with Crippen LogP contribution < -0.4 is 0 Å². The topological polar surface area (TPSA) is 143 Å². The molecule has 0 saturated carbocycles. The molecule has 0 bridgehead atoms. The van der Waals surface area contributed by atoms with E-state index in [4.69, 9.17) is 31.6 Å². The molecular formula is C6H5ClFeK4N6. The summed E-state index contributed by atoms with van der Waals surface area (Å²) in [5.74, 6) is 0. The van der Waals surface area contributed by atoms with E-state index in [-0.39, 0.29) is 218 Å². The summed E-state index contributed by atoms with van der Waals surface area (Å²) in [5, 5.41) is 51.5. The molecule has 0 aliphatic rings. The van der Waals surface area contributed by atoms with Crippen LogP contribution in [0, 0.1) is 61.4 Å². The van der Waals surface area contributed by atoms with Crippen molar-refractivity contribution in [3.05, 3.63) is 0 Å². The summed E-state index contributed by atoms with van der Waals surface area (Å²) >= 11 is 0. The molecule has 0 heterocycles. The fourth-order valence-corrected chi connectivity index (χ4v) is 1.09. The van der Waals surface area contributed by atoms with Crippen LogP contribution in [-0.2, 0) is 10.7 Å². The van der Waals surface area contributed by atoms with Gasteiger partial charge < -0.3 is 0 Å². The third-order valence-electron chi connectivity index (χ3n) is 1.19. The van der Waals surface area contributed by atoms with Gasteiger partial charge in [-0.15, -0.1) is 12.4 Å². The van der Waals surface area contributed by atoms with E-state index in [9.17, 15) is 0 Å². The van der Waals surface area contributed by atoms with Crippen molar-refractivity contribution in [3.8, 4) is 29.8 Å². The fraction of sp³-hybridized carbons (Fsp3) is 0. The predicted octanol–water partition coefficient (Wildman–Crippen LogP) is -2.07. The van der Waals surface area contributed by atoms with Crippen molar-refractivity contribution in [3.63, 3.8) is 0 Å². The third-order valence-corrected chi connectivity index (χ3v) is 4.89. The first-order valence-corrected chi connectivity index (χ1v) is 5.71. The Kier molecular flexibility index (Phi) is 29.0. The molecule has 0 aromatic carbocycles. The molecule has 0 fully saturated rings. The van der Waals surface area contributed by atoms with Gasteiger partial charge in [-0.1, -0.05) is 0 Å². The zero-order valence-electron chi connectivity index (χ0n) is 6.45. The Morgan fingerprint density at radius 2 is 0.556 bits per heavy atom. The van der Waals surface area contributed by atoms with Crippen molar-refractivity contribution in [1.29, 1.82) is 31.6 Å². The molecule has 0 radical (unpaired) electrons. The SMILES string of the molecule is Cl.N#[C][Fe]([C]#N)([C]#N)([C]#N)([C]#N)[C]#N.[KH].[KH].[KH].[KH]. The van der Waals surface area contributed by atoms with Gasteiger partial charge in [0.1, 0.15) is 0 Å². The second kappa shape index (κ2) is 13.7. The third kappa shape index (κ3) is 6.42. The molecule has 18 heavy (non-hydrogen) atoms. The van der Waals surface area contributed by atoms with Crippen molar-refractivity contribution < 1.29 is 10.7 Å². The Hall–Kier alpha value is 4.29. The maximum atomic E-state index is 8.58. The molecule has 0 aliphatic heterocycles. The van der Waals surface area contributed by atoms with E-state index in [1.54, 1.807) is 0 Å². The van der Waals surface area contributed by atoms with Crippen LogP contribution in [0.1, 0.15) is 0 Å². The van der Waals surface area contributed by atoms with Gasteiger partial charge in [0, 0.05) is 0 Å². The first-order chi connectivity index (χ1) is 5.97. The summed E-state index contributed by atoms with van der Waals surface area (Å²) in [4.78, 5) is 6.19. The monoisotopic (exact) mass is 408 g/mol. The molecule has 0 N–H and O–H groups in total. The summed E-state index contributed by atoms with van der Waals surface area (Å²) in [6.07, 6.45) is 0. The van der Waals surface area contributed by atoms with Crippen LogP contribution in [0.15, 0.2) is 0 Å². The number of nitriles is 6. The van der Waals surface area contributed by atoms with E-state index in [2.05, 4.69) is 0 Å². The maximum absolute atomic E-state index is 8.58. The van der Waals surface area contributed by atoms with Crippen LogP contribution in [-0.4, -0.2) is 206 Å². The second-order valence-corrected chi connectivity index (χ2v) is 7.42. The van der Waals surface area contributed by atoms with E-state index >= 15 is 0 Å². The van der Waals surface area contributed by atoms with Crippen LogP contribution >= 0.6 is 12.4 Å². The van der Waals surface area contributed by atoms with Gasteiger partial charge in [-0.25, -0.2) is 0 Å². The van der Waals surface area contributed by atoms with Crippen molar-refractivity contribution in [2.24, 2.45) is 0 Å². The summed E-state index contributed by atoms with van der Waals surface area (Å²) in [5.41, 5.74) is 0. The number of hydrogen-bond donors (Lipinski definition) is 0. The molecular weight excluding hydrogens is 404 g/mol. The van der Waals surface area contributed by atoms with Gasteiger partial charge in [-0.3, -0.25) is 0 Å². The second-order valence-electron chi connectivity index (χ2n) is 1.80. The molecule has 6 nitrogen and oxygen atoms in total. The van der Waals surface area contributed by atoms with Crippen LogP contribution in [0.5, 0.6) is 0 Å². The van der Waals surface area contributed by atoms with E-state index in [0.717, 1.165) is 29.8 Å². The van der Waals surface area contributed by atoms with Gasteiger partial charge in [0.2, 0.25) is 0 Å². The summed E-state index contributed by atoms with van der Waals surface area (Å²) < 4.78 is 0. The molecule has 0 aliphatic carbocycles. The first-order valence-electron chi connectivity index (χ1n) is 2.40. The Balaban J connectivity index is -0.0000000720. The van der Waals surface area contributed by atoms with Crippen LogP contribution in [0.2, 0.25) is 0 Å². The molecule has 0 rings (SSSR count). The average Bonchev–Trinajstić information content (AvgIpc) is 2.26. The van der Waals surface area contributed by atoms with Gasteiger partial charge in [-0.2, -0.15) is 0 Å².